The Balaban J connectivity index is 1.82. The van der Waals surface area contributed by atoms with E-state index < -0.39 is 17.6 Å². The molecule has 1 N–H and O–H groups in total. The van der Waals surface area contributed by atoms with Gasteiger partial charge >= 0.3 is 6.18 Å². The molecule has 0 spiro atoms. The summed E-state index contributed by atoms with van der Waals surface area (Å²) in [4.78, 5) is 20.5. The molecule has 2 aromatic heterocycles. The molecule has 0 aliphatic carbocycles. The number of nitrogens with one attached hydrogen (secondary N) is 1. The van der Waals surface area contributed by atoms with Crippen LogP contribution >= 0.6 is 0 Å². The molecule has 144 valence electrons. The Bertz CT molecular complexity index is 976. The minimum atomic E-state index is -4.51. The van der Waals surface area contributed by atoms with E-state index in [4.69, 9.17) is 9.47 Å². The van der Waals surface area contributed by atoms with Gasteiger partial charge in [-0.1, -0.05) is 6.07 Å². The molecule has 28 heavy (non-hydrogen) atoms. The number of nitrogens with zero attached hydrogens (tertiary/aromatic N) is 2. The third kappa shape index (κ3) is 4.56. The molecular formula is C19H14F3N3O3. The first-order chi connectivity index (χ1) is 13.4. The van der Waals surface area contributed by atoms with Crippen LogP contribution in [0.5, 0.6) is 17.5 Å². The highest BCUT2D eigenvalue weighted by Gasteiger charge is 2.30. The van der Waals surface area contributed by atoms with Crippen LogP contribution in [-0.4, -0.2) is 23.0 Å². The highest BCUT2D eigenvalue weighted by molar-refractivity contribution is 6.05. The molecule has 0 aliphatic rings. The fraction of sp³-hybridized carbons (Fsp3) is 0.105. The number of rotatable bonds is 5. The van der Waals surface area contributed by atoms with Crippen molar-refractivity contribution in [2.45, 2.75) is 6.18 Å². The van der Waals surface area contributed by atoms with Crippen LogP contribution in [0.15, 0.2) is 60.9 Å². The summed E-state index contributed by atoms with van der Waals surface area (Å²) in [5.41, 5.74) is -0.411. The molecule has 2 heterocycles. The summed E-state index contributed by atoms with van der Waals surface area (Å²) in [5.74, 6) is -0.385. The number of amides is 1. The predicted molar refractivity (Wildman–Crippen MR) is 94.5 cm³/mol. The van der Waals surface area contributed by atoms with Crippen molar-refractivity contribution >= 4 is 11.6 Å². The maximum Gasteiger partial charge on any atom is 0.416 e. The Kier molecular flexibility index (Phi) is 5.44. The lowest BCUT2D eigenvalue weighted by Gasteiger charge is -2.12. The lowest BCUT2D eigenvalue weighted by atomic mass is 10.2. The molecule has 0 bridgehead atoms. The molecule has 9 heteroatoms. The van der Waals surface area contributed by atoms with Crippen LogP contribution in [0.3, 0.4) is 0 Å². The number of benzene rings is 1. The minimum Gasteiger partial charge on any atom is -0.481 e. The predicted octanol–water partition coefficient (Wildman–Crippen LogP) is 4.55. The van der Waals surface area contributed by atoms with Gasteiger partial charge in [-0.25, -0.2) is 9.97 Å². The summed E-state index contributed by atoms with van der Waals surface area (Å²) in [6.07, 6.45) is -1.74. The smallest absolute Gasteiger partial charge is 0.416 e. The number of hydrogen-bond acceptors (Lipinski definition) is 5. The molecule has 0 aliphatic heterocycles. The van der Waals surface area contributed by atoms with E-state index in [1.54, 1.807) is 12.1 Å². The van der Waals surface area contributed by atoms with Gasteiger partial charge in [-0.3, -0.25) is 4.79 Å². The number of methoxy groups -OCH3 is 1. The second-order valence-electron chi connectivity index (χ2n) is 5.53. The molecule has 0 unspecified atom stereocenters. The van der Waals surface area contributed by atoms with Gasteiger partial charge in [-0.2, -0.15) is 13.2 Å². The summed E-state index contributed by atoms with van der Waals surface area (Å²) in [5, 5.41) is 2.61. The van der Waals surface area contributed by atoms with Gasteiger partial charge in [-0.05, 0) is 36.4 Å². The zero-order chi connectivity index (χ0) is 20.1. The summed E-state index contributed by atoms with van der Waals surface area (Å²) in [6, 6.07) is 10.4. The second-order valence-corrected chi connectivity index (χ2v) is 5.53. The second kappa shape index (κ2) is 7.95. The average Bonchev–Trinajstić information content (AvgIpc) is 2.68. The Morgan fingerprint density at radius 2 is 1.89 bits per heavy atom. The number of anilines is 1. The Labute approximate surface area is 158 Å². The van der Waals surface area contributed by atoms with E-state index in [9.17, 15) is 18.0 Å². The number of alkyl halides is 3. The number of carbonyl (C=O) groups excluding carboxylic acids is 1. The van der Waals surface area contributed by atoms with Crippen LogP contribution in [0.2, 0.25) is 0 Å². The van der Waals surface area contributed by atoms with Gasteiger partial charge < -0.3 is 14.8 Å². The van der Waals surface area contributed by atoms with Crippen molar-refractivity contribution in [3.05, 3.63) is 72.1 Å². The van der Waals surface area contributed by atoms with E-state index in [0.717, 1.165) is 12.1 Å². The third-order valence-corrected chi connectivity index (χ3v) is 3.60. The minimum absolute atomic E-state index is 0.0516. The van der Waals surface area contributed by atoms with Crippen LogP contribution in [-0.2, 0) is 6.18 Å². The zero-order valence-electron chi connectivity index (χ0n) is 14.5. The first-order valence-electron chi connectivity index (χ1n) is 7.98. The van der Waals surface area contributed by atoms with Crippen LogP contribution in [0.25, 0.3) is 0 Å². The maximum atomic E-state index is 12.9. The average molecular weight is 389 g/mol. The van der Waals surface area contributed by atoms with Gasteiger partial charge in [0.15, 0.2) is 0 Å². The highest BCUT2D eigenvalue weighted by atomic mass is 19.4. The first-order valence-corrected chi connectivity index (χ1v) is 7.98. The van der Waals surface area contributed by atoms with Crippen LogP contribution in [0.4, 0.5) is 18.9 Å². The number of pyridine rings is 2. The number of hydrogen-bond donors (Lipinski definition) is 1. The third-order valence-electron chi connectivity index (χ3n) is 3.60. The van der Waals surface area contributed by atoms with Crippen molar-refractivity contribution in [2.75, 3.05) is 12.4 Å². The molecule has 0 fully saturated rings. The first kappa shape index (κ1) is 19.2. The monoisotopic (exact) mass is 389 g/mol. The van der Waals surface area contributed by atoms with E-state index in [-0.39, 0.29) is 17.2 Å². The quantitative estimate of drug-likeness (QED) is 0.693. The van der Waals surface area contributed by atoms with Gasteiger partial charge in [0.1, 0.15) is 11.3 Å². The van der Waals surface area contributed by atoms with Gasteiger partial charge in [0.2, 0.25) is 11.8 Å². The molecule has 1 aromatic carbocycles. The van der Waals surface area contributed by atoms with Crippen LogP contribution in [0, 0.1) is 0 Å². The van der Waals surface area contributed by atoms with E-state index in [0.29, 0.717) is 11.6 Å². The van der Waals surface area contributed by atoms with E-state index in [1.165, 1.54) is 43.8 Å². The standard InChI is InChI=1S/C19H14F3N3O3/c1-27-16-8-7-13(11-24-16)25-17(26)15-6-3-9-23-18(15)28-14-5-2-4-12(10-14)19(20,21)22/h2-11H,1H3,(H,25,26). The summed E-state index contributed by atoms with van der Waals surface area (Å²) in [6.45, 7) is 0. The Morgan fingerprint density at radius 1 is 1.07 bits per heavy atom. The van der Waals surface area contributed by atoms with Crippen LogP contribution < -0.4 is 14.8 Å². The number of ether oxygens (including phenoxy) is 2. The molecule has 1 amide bonds. The van der Waals surface area contributed by atoms with Crippen molar-refractivity contribution in [3.63, 3.8) is 0 Å². The van der Waals surface area contributed by atoms with Crippen molar-refractivity contribution in [1.82, 2.24) is 9.97 Å². The highest BCUT2D eigenvalue weighted by Crippen LogP contribution is 2.33. The normalized spacial score (nSPS) is 11.0. The Morgan fingerprint density at radius 3 is 2.57 bits per heavy atom. The molecule has 3 aromatic rings. The van der Waals surface area contributed by atoms with E-state index in [1.807, 2.05) is 0 Å². The summed E-state index contributed by atoms with van der Waals surface area (Å²) < 4.78 is 49.0. The van der Waals surface area contributed by atoms with Crippen molar-refractivity contribution < 1.29 is 27.4 Å². The fourth-order valence-corrected chi connectivity index (χ4v) is 2.27. The van der Waals surface area contributed by atoms with Crippen molar-refractivity contribution in [1.29, 1.82) is 0 Å². The topological polar surface area (TPSA) is 73.3 Å². The molecule has 6 nitrogen and oxygen atoms in total. The molecule has 0 radical (unpaired) electrons. The Hall–Kier alpha value is -3.62. The van der Waals surface area contributed by atoms with Crippen molar-refractivity contribution in [3.8, 4) is 17.5 Å². The molecule has 3 rings (SSSR count). The largest absolute Gasteiger partial charge is 0.481 e. The zero-order valence-corrected chi connectivity index (χ0v) is 14.5. The van der Waals surface area contributed by atoms with Gasteiger partial charge in [0.25, 0.3) is 5.91 Å². The van der Waals surface area contributed by atoms with E-state index in [2.05, 4.69) is 15.3 Å². The number of aromatic nitrogens is 2. The maximum absolute atomic E-state index is 12.9. The van der Waals surface area contributed by atoms with Gasteiger partial charge in [0, 0.05) is 12.3 Å². The lowest BCUT2D eigenvalue weighted by Crippen LogP contribution is -2.14. The van der Waals surface area contributed by atoms with Gasteiger partial charge in [-0.15, -0.1) is 0 Å². The number of carbonyl (C=O) groups is 1. The SMILES string of the molecule is COc1ccc(NC(=O)c2cccnc2Oc2cccc(C(F)(F)F)c2)cn1. The van der Waals surface area contributed by atoms with Crippen molar-refractivity contribution in [2.24, 2.45) is 0 Å². The van der Waals surface area contributed by atoms with Gasteiger partial charge in [0.05, 0.1) is 24.6 Å². The molecular weight excluding hydrogens is 375 g/mol. The molecule has 0 saturated heterocycles. The molecule has 0 saturated carbocycles. The fourth-order valence-electron chi connectivity index (χ4n) is 2.27. The van der Waals surface area contributed by atoms with Crippen LogP contribution in [0.1, 0.15) is 15.9 Å². The summed E-state index contributed by atoms with van der Waals surface area (Å²) in [7, 11) is 1.47. The molecule has 0 atom stereocenters. The number of halogens is 3. The lowest BCUT2D eigenvalue weighted by molar-refractivity contribution is -0.137. The summed E-state index contributed by atoms with van der Waals surface area (Å²) >= 11 is 0. The van der Waals surface area contributed by atoms with E-state index >= 15 is 0 Å².